The molecule has 3 nitrogen and oxygen atoms in total. The molecule has 1 aliphatic rings. The third-order valence-corrected chi connectivity index (χ3v) is 4.41. The van der Waals surface area contributed by atoms with Crippen LogP contribution in [0.3, 0.4) is 0 Å². The van der Waals surface area contributed by atoms with Gasteiger partial charge in [-0.05, 0) is 26.2 Å². The molecule has 0 atom stereocenters. The molecule has 1 aromatic heterocycles. The van der Waals surface area contributed by atoms with Gasteiger partial charge in [-0.1, -0.05) is 6.92 Å². The minimum Gasteiger partial charge on any atom is -0.339 e. The molecular formula is C13H20F3N3S. The molecule has 1 aromatic rings. The van der Waals surface area contributed by atoms with Crippen LogP contribution in [-0.2, 0) is 13.0 Å². The van der Waals surface area contributed by atoms with Crippen molar-refractivity contribution < 1.29 is 13.2 Å². The van der Waals surface area contributed by atoms with Gasteiger partial charge in [-0.3, -0.25) is 0 Å². The first kappa shape index (κ1) is 15.6. The maximum atomic E-state index is 12.6. The molecule has 1 fully saturated rings. The second-order valence-electron chi connectivity index (χ2n) is 5.00. The summed E-state index contributed by atoms with van der Waals surface area (Å²) < 4.78 is 37.7. The highest BCUT2D eigenvalue weighted by molar-refractivity contribution is 7.15. The Balaban J connectivity index is 2.08. The van der Waals surface area contributed by atoms with Crippen molar-refractivity contribution in [3.05, 3.63) is 10.6 Å². The smallest absolute Gasteiger partial charge is 0.339 e. The van der Waals surface area contributed by atoms with Crippen molar-refractivity contribution in [3.63, 3.8) is 0 Å². The van der Waals surface area contributed by atoms with Gasteiger partial charge in [-0.25, -0.2) is 4.98 Å². The zero-order chi connectivity index (χ0) is 14.8. The molecule has 0 aliphatic heterocycles. The van der Waals surface area contributed by atoms with Crippen LogP contribution in [0.15, 0.2) is 0 Å². The first-order valence-corrected chi connectivity index (χ1v) is 7.78. The number of aryl methyl sites for hydroxylation is 1. The van der Waals surface area contributed by atoms with Crippen LogP contribution in [-0.4, -0.2) is 30.3 Å². The fraction of sp³-hybridized carbons (Fsp3) is 0.769. The zero-order valence-corrected chi connectivity index (χ0v) is 12.6. The first-order valence-electron chi connectivity index (χ1n) is 6.96. The Hall–Kier alpha value is -0.820. The standard InChI is InChI=1S/C13H20F3N3S/c1-3-10-11(7-17-9-5-6-9)20-12(18-10)19(4-2)8-13(14,15)16/h9,17H,3-8H2,1-2H3. The van der Waals surface area contributed by atoms with Gasteiger partial charge in [0.05, 0.1) is 5.69 Å². The lowest BCUT2D eigenvalue weighted by atomic mass is 10.3. The van der Waals surface area contributed by atoms with Crippen LogP contribution in [0.2, 0.25) is 0 Å². The molecule has 1 aliphatic carbocycles. The summed E-state index contributed by atoms with van der Waals surface area (Å²) in [6.07, 6.45) is -1.05. The molecule has 0 saturated heterocycles. The van der Waals surface area contributed by atoms with Crippen LogP contribution in [0, 0.1) is 0 Å². The molecule has 20 heavy (non-hydrogen) atoms. The summed E-state index contributed by atoms with van der Waals surface area (Å²) in [5, 5.41) is 3.88. The van der Waals surface area contributed by atoms with Crippen molar-refractivity contribution in [2.45, 2.75) is 51.9 Å². The fourth-order valence-electron chi connectivity index (χ4n) is 1.97. The van der Waals surface area contributed by atoms with E-state index in [1.54, 1.807) is 6.92 Å². The zero-order valence-electron chi connectivity index (χ0n) is 11.8. The second kappa shape index (κ2) is 6.30. The lowest BCUT2D eigenvalue weighted by Gasteiger charge is -2.21. The Kier molecular flexibility index (Phi) is 4.90. The number of nitrogens with one attached hydrogen (secondary N) is 1. The normalized spacial score (nSPS) is 15.7. The van der Waals surface area contributed by atoms with Crippen LogP contribution in [0.5, 0.6) is 0 Å². The number of halogens is 3. The Morgan fingerprint density at radius 2 is 2.05 bits per heavy atom. The van der Waals surface area contributed by atoms with E-state index < -0.39 is 12.7 Å². The SMILES string of the molecule is CCc1nc(N(CC)CC(F)(F)F)sc1CNC1CC1. The number of aromatic nitrogens is 1. The largest absolute Gasteiger partial charge is 0.406 e. The number of nitrogens with zero attached hydrogens (tertiary/aromatic N) is 2. The van der Waals surface area contributed by atoms with E-state index in [0.717, 1.165) is 23.5 Å². The molecule has 0 amide bonds. The lowest BCUT2D eigenvalue weighted by Crippen LogP contribution is -2.34. The van der Waals surface area contributed by atoms with Gasteiger partial charge < -0.3 is 10.2 Å². The van der Waals surface area contributed by atoms with Crippen LogP contribution in [0.4, 0.5) is 18.3 Å². The summed E-state index contributed by atoms with van der Waals surface area (Å²) in [6, 6.07) is 0.586. The second-order valence-corrected chi connectivity index (χ2v) is 6.07. The van der Waals surface area contributed by atoms with Crippen molar-refractivity contribution >= 4 is 16.5 Å². The van der Waals surface area contributed by atoms with Gasteiger partial charge in [-0.15, -0.1) is 11.3 Å². The molecule has 7 heteroatoms. The van der Waals surface area contributed by atoms with Crippen LogP contribution < -0.4 is 10.2 Å². The fourth-order valence-corrected chi connectivity index (χ4v) is 3.14. The van der Waals surface area contributed by atoms with Crippen LogP contribution in [0.25, 0.3) is 0 Å². The van der Waals surface area contributed by atoms with Crippen molar-refractivity contribution in [2.75, 3.05) is 18.0 Å². The number of anilines is 1. The Morgan fingerprint density at radius 1 is 1.35 bits per heavy atom. The lowest BCUT2D eigenvalue weighted by molar-refractivity contribution is -0.119. The molecule has 1 N–H and O–H groups in total. The number of thiazole rings is 1. The average Bonchev–Trinajstić information content (AvgIpc) is 3.11. The number of alkyl halides is 3. The number of hydrogen-bond acceptors (Lipinski definition) is 4. The molecule has 0 spiro atoms. The topological polar surface area (TPSA) is 28.2 Å². The summed E-state index contributed by atoms with van der Waals surface area (Å²) >= 11 is 1.38. The molecule has 0 bridgehead atoms. The van der Waals surface area contributed by atoms with E-state index in [1.807, 2.05) is 6.92 Å². The van der Waals surface area contributed by atoms with E-state index in [1.165, 1.54) is 29.1 Å². The van der Waals surface area contributed by atoms with E-state index in [-0.39, 0.29) is 0 Å². The van der Waals surface area contributed by atoms with Gasteiger partial charge in [0.25, 0.3) is 0 Å². The monoisotopic (exact) mass is 307 g/mol. The van der Waals surface area contributed by atoms with Crippen LogP contribution >= 0.6 is 11.3 Å². The highest BCUT2D eigenvalue weighted by Gasteiger charge is 2.31. The van der Waals surface area contributed by atoms with Gasteiger partial charge in [-0.2, -0.15) is 13.2 Å². The molecule has 1 heterocycles. The van der Waals surface area contributed by atoms with E-state index in [2.05, 4.69) is 10.3 Å². The maximum absolute atomic E-state index is 12.6. The first-order chi connectivity index (χ1) is 9.43. The highest BCUT2D eigenvalue weighted by atomic mass is 32.1. The van der Waals surface area contributed by atoms with Gasteiger partial charge in [0.2, 0.25) is 0 Å². The average molecular weight is 307 g/mol. The Morgan fingerprint density at radius 3 is 2.55 bits per heavy atom. The third-order valence-electron chi connectivity index (χ3n) is 3.25. The van der Waals surface area contributed by atoms with Gasteiger partial charge in [0.15, 0.2) is 5.13 Å². The quantitative estimate of drug-likeness (QED) is 0.837. The summed E-state index contributed by atoms with van der Waals surface area (Å²) in [6.45, 7) is 3.80. The minimum absolute atomic E-state index is 0.311. The molecular weight excluding hydrogens is 287 g/mol. The van der Waals surface area contributed by atoms with E-state index in [4.69, 9.17) is 0 Å². The van der Waals surface area contributed by atoms with E-state index in [9.17, 15) is 13.2 Å². The summed E-state index contributed by atoms with van der Waals surface area (Å²) in [5.74, 6) is 0. The third kappa shape index (κ3) is 4.34. The van der Waals surface area contributed by atoms with Gasteiger partial charge in [0, 0.05) is 24.0 Å². The van der Waals surface area contributed by atoms with Crippen molar-refractivity contribution in [1.82, 2.24) is 10.3 Å². The molecule has 114 valence electrons. The van der Waals surface area contributed by atoms with Crippen LogP contribution in [0.1, 0.15) is 37.3 Å². The summed E-state index contributed by atoms with van der Waals surface area (Å²) in [5.41, 5.74) is 0.916. The molecule has 0 radical (unpaired) electrons. The van der Waals surface area contributed by atoms with Gasteiger partial charge in [0.1, 0.15) is 6.54 Å². The highest BCUT2D eigenvalue weighted by Crippen LogP contribution is 2.30. The molecule has 2 rings (SSSR count). The van der Waals surface area contributed by atoms with Crippen molar-refractivity contribution in [3.8, 4) is 0 Å². The molecule has 1 saturated carbocycles. The predicted octanol–water partition coefficient (Wildman–Crippen LogP) is 3.35. The Labute approximate surface area is 121 Å². The summed E-state index contributed by atoms with van der Waals surface area (Å²) in [4.78, 5) is 6.75. The van der Waals surface area contributed by atoms with E-state index >= 15 is 0 Å². The molecule has 0 aromatic carbocycles. The van der Waals surface area contributed by atoms with E-state index in [0.29, 0.717) is 17.7 Å². The maximum Gasteiger partial charge on any atom is 0.406 e. The number of rotatable bonds is 7. The minimum atomic E-state index is -4.19. The number of hydrogen-bond donors (Lipinski definition) is 1. The molecule has 0 unspecified atom stereocenters. The Bertz CT molecular complexity index is 441. The summed E-state index contributed by atoms with van der Waals surface area (Å²) in [7, 11) is 0. The van der Waals surface area contributed by atoms with Gasteiger partial charge >= 0.3 is 6.18 Å². The predicted molar refractivity (Wildman–Crippen MR) is 75.3 cm³/mol. The van der Waals surface area contributed by atoms with Crippen molar-refractivity contribution in [1.29, 1.82) is 0 Å². The van der Waals surface area contributed by atoms with Crippen molar-refractivity contribution in [2.24, 2.45) is 0 Å².